The van der Waals surface area contributed by atoms with Crippen LogP contribution in [-0.2, 0) is 4.74 Å². The molecule has 2 atom stereocenters. The summed E-state index contributed by atoms with van der Waals surface area (Å²) in [6.45, 7) is 6.09. The molecule has 1 heterocycles. The molecular weight excluding hydrogens is 238 g/mol. The second-order valence-corrected chi connectivity index (χ2v) is 6.00. The topological polar surface area (TPSA) is 48.3 Å². The Morgan fingerprint density at radius 2 is 2.26 bits per heavy atom. The van der Waals surface area contributed by atoms with Gasteiger partial charge in [0, 0.05) is 13.2 Å². The van der Waals surface area contributed by atoms with E-state index in [0.29, 0.717) is 5.92 Å². The summed E-state index contributed by atoms with van der Waals surface area (Å²) in [6.07, 6.45) is 5.68. The Labute approximate surface area is 118 Å². The Morgan fingerprint density at radius 1 is 1.47 bits per heavy atom. The fourth-order valence-corrected chi connectivity index (χ4v) is 2.58. The zero-order valence-corrected chi connectivity index (χ0v) is 12.7. The molecule has 110 valence electrons. The van der Waals surface area contributed by atoms with Crippen LogP contribution < -0.4 is 5.32 Å². The lowest BCUT2D eigenvalue weighted by atomic mass is 9.96. The quantitative estimate of drug-likeness (QED) is 0.684. The molecule has 0 aromatic carbocycles. The van der Waals surface area contributed by atoms with Crippen LogP contribution >= 0.6 is 0 Å². The number of rotatable bonds is 8. The maximum atomic E-state index is 9.07. The van der Waals surface area contributed by atoms with Gasteiger partial charge in [0.1, 0.15) is 5.54 Å². The highest BCUT2D eigenvalue weighted by Gasteiger charge is 2.20. The normalized spacial score (nSPS) is 23.0. The van der Waals surface area contributed by atoms with Crippen LogP contribution in [0.3, 0.4) is 0 Å². The van der Waals surface area contributed by atoms with Gasteiger partial charge in [-0.1, -0.05) is 0 Å². The van der Waals surface area contributed by atoms with Crippen LogP contribution in [0.5, 0.6) is 0 Å². The highest BCUT2D eigenvalue weighted by molar-refractivity contribution is 5.02. The van der Waals surface area contributed by atoms with E-state index in [2.05, 4.69) is 23.3 Å². The van der Waals surface area contributed by atoms with Gasteiger partial charge in [-0.05, 0) is 65.6 Å². The predicted octanol–water partition coefficient (Wildman–Crippen LogP) is 2.02. The molecule has 0 radical (unpaired) electrons. The Hall–Kier alpha value is -0.630. The Kier molecular flexibility index (Phi) is 7.37. The molecule has 19 heavy (non-hydrogen) atoms. The van der Waals surface area contributed by atoms with Gasteiger partial charge in [0.15, 0.2) is 0 Å². The fraction of sp³-hybridized carbons (Fsp3) is 0.933. The molecular formula is C15H29N3O. The first-order chi connectivity index (χ1) is 9.09. The molecule has 0 saturated carbocycles. The van der Waals surface area contributed by atoms with E-state index in [1.807, 2.05) is 14.0 Å². The lowest BCUT2D eigenvalue weighted by Gasteiger charge is -2.27. The molecule has 0 bridgehead atoms. The number of unbranched alkanes of at least 4 members (excludes halogenated alkanes) is 1. The summed E-state index contributed by atoms with van der Waals surface area (Å²) in [5.41, 5.74) is -0.365. The van der Waals surface area contributed by atoms with Crippen molar-refractivity contribution in [3.8, 4) is 6.07 Å². The third-order valence-electron chi connectivity index (χ3n) is 4.09. The number of ether oxygens (including phenoxy) is 1. The first kappa shape index (κ1) is 16.4. The fourth-order valence-electron chi connectivity index (χ4n) is 2.58. The maximum Gasteiger partial charge on any atom is 0.103 e. The standard InChI is InChI=1S/C15H29N3O/c1-15(13-16,17-2)8-4-5-9-18(3)11-14-7-6-10-19-12-14/h14,17H,4-12H2,1-3H3. The van der Waals surface area contributed by atoms with Crippen molar-refractivity contribution in [2.75, 3.05) is 40.4 Å². The van der Waals surface area contributed by atoms with Gasteiger partial charge < -0.3 is 15.0 Å². The van der Waals surface area contributed by atoms with Gasteiger partial charge in [0.2, 0.25) is 0 Å². The molecule has 0 aromatic heterocycles. The molecule has 1 aliphatic rings. The van der Waals surface area contributed by atoms with E-state index in [1.165, 1.54) is 12.8 Å². The average Bonchev–Trinajstić information content (AvgIpc) is 2.44. The van der Waals surface area contributed by atoms with Gasteiger partial charge in [0.05, 0.1) is 12.7 Å². The van der Waals surface area contributed by atoms with Gasteiger partial charge in [-0.25, -0.2) is 0 Å². The van der Waals surface area contributed by atoms with E-state index >= 15 is 0 Å². The van der Waals surface area contributed by atoms with Gasteiger partial charge in [-0.3, -0.25) is 0 Å². The van der Waals surface area contributed by atoms with Crippen molar-refractivity contribution in [2.24, 2.45) is 5.92 Å². The molecule has 0 aromatic rings. The van der Waals surface area contributed by atoms with Gasteiger partial charge in [0.25, 0.3) is 0 Å². The highest BCUT2D eigenvalue weighted by Crippen LogP contribution is 2.15. The Morgan fingerprint density at radius 3 is 2.84 bits per heavy atom. The lowest BCUT2D eigenvalue weighted by Crippen LogP contribution is -2.38. The minimum absolute atomic E-state index is 0.365. The Balaban J connectivity index is 2.10. The summed E-state index contributed by atoms with van der Waals surface area (Å²) < 4.78 is 5.51. The van der Waals surface area contributed by atoms with E-state index < -0.39 is 0 Å². The van der Waals surface area contributed by atoms with Crippen LogP contribution in [0.25, 0.3) is 0 Å². The van der Waals surface area contributed by atoms with Crippen molar-refractivity contribution in [2.45, 2.75) is 44.6 Å². The zero-order chi connectivity index (χ0) is 14.1. The van der Waals surface area contributed by atoms with Crippen LogP contribution in [0.4, 0.5) is 0 Å². The highest BCUT2D eigenvalue weighted by atomic mass is 16.5. The predicted molar refractivity (Wildman–Crippen MR) is 78.0 cm³/mol. The molecule has 4 heteroatoms. The third-order valence-corrected chi connectivity index (χ3v) is 4.09. The van der Waals surface area contributed by atoms with Crippen LogP contribution in [-0.4, -0.2) is 50.8 Å². The minimum atomic E-state index is -0.365. The molecule has 1 aliphatic heterocycles. The van der Waals surface area contributed by atoms with E-state index in [4.69, 9.17) is 10.00 Å². The minimum Gasteiger partial charge on any atom is -0.381 e. The van der Waals surface area contributed by atoms with Crippen molar-refractivity contribution in [3.63, 3.8) is 0 Å². The summed E-state index contributed by atoms with van der Waals surface area (Å²) in [7, 11) is 4.05. The first-order valence-electron chi connectivity index (χ1n) is 7.46. The van der Waals surface area contributed by atoms with Crippen molar-refractivity contribution in [3.05, 3.63) is 0 Å². The van der Waals surface area contributed by atoms with Crippen molar-refractivity contribution in [1.82, 2.24) is 10.2 Å². The summed E-state index contributed by atoms with van der Waals surface area (Å²) >= 11 is 0. The van der Waals surface area contributed by atoms with Gasteiger partial charge in [-0.15, -0.1) is 0 Å². The number of nitrogens with zero attached hydrogens (tertiary/aromatic N) is 2. The second kappa shape index (κ2) is 8.52. The van der Waals surface area contributed by atoms with Crippen LogP contribution in [0.15, 0.2) is 0 Å². The smallest absolute Gasteiger partial charge is 0.103 e. The molecule has 0 amide bonds. The van der Waals surface area contributed by atoms with Crippen LogP contribution in [0.1, 0.15) is 39.0 Å². The number of hydrogen-bond acceptors (Lipinski definition) is 4. The van der Waals surface area contributed by atoms with Crippen molar-refractivity contribution >= 4 is 0 Å². The summed E-state index contributed by atoms with van der Waals surface area (Å²) in [6, 6.07) is 2.34. The molecule has 1 N–H and O–H groups in total. The molecule has 4 nitrogen and oxygen atoms in total. The van der Waals surface area contributed by atoms with Crippen LogP contribution in [0, 0.1) is 17.2 Å². The molecule has 0 aliphatic carbocycles. The number of hydrogen-bond donors (Lipinski definition) is 1. The maximum absolute atomic E-state index is 9.07. The zero-order valence-electron chi connectivity index (χ0n) is 12.7. The van der Waals surface area contributed by atoms with Crippen LogP contribution in [0.2, 0.25) is 0 Å². The van der Waals surface area contributed by atoms with E-state index in [0.717, 1.165) is 45.6 Å². The molecule has 2 unspecified atom stereocenters. The second-order valence-electron chi connectivity index (χ2n) is 6.00. The van der Waals surface area contributed by atoms with Gasteiger partial charge in [-0.2, -0.15) is 5.26 Å². The van der Waals surface area contributed by atoms with E-state index in [-0.39, 0.29) is 5.54 Å². The van der Waals surface area contributed by atoms with Gasteiger partial charge >= 0.3 is 0 Å². The average molecular weight is 267 g/mol. The van der Waals surface area contributed by atoms with E-state index in [1.54, 1.807) is 0 Å². The largest absolute Gasteiger partial charge is 0.381 e. The molecule has 0 spiro atoms. The summed E-state index contributed by atoms with van der Waals surface area (Å²) in [4.78, 5) is 2.41. The molecule has 1 fully saturated rings. The Bertz CT molecular complexity index is 284. The third kappa shape index (κ3) is 6.38. The number of nitrogens with one attached hydrogen (secondary N) is 1. The first-order valence-corrected chi connectivity index (χ1v) is 7.46. The monoisotopic (exact) mass is 267 g/mol. The van der Waals surface area contributed by atoms with Crippen molar-refractivity contribution < 1.29 is 4.74 Å². The molecule has 1 rings (SSSR count). The summed E-state index contributed by atoms with van der Waals surface area (Å²) in [5, 5.41) is 12.2. The summed E-state index contributed by atoms with van der Waals surface area (Å²) in [5.74, 6) is 0.709. The number of nitriles is 1. The lowest BCUT2D eigenvalue weighted by molar-refractivity contribution is 0.0418. The SMILES string of the molecule is CNC(C)(C#N)CCCCN(C)CC1CCCOC1. The molecule has 1 saturated heterocycles. The van der Waals surface area contributed by atoms with Crippen molar-refractivity contribution in [1.29, 1.82) is 5.26 Å². The van der Waals surface area contributed by atoms with E-state index in [9.17, 15) is 0 Å².